The fraction of sp³-hybridized carbons (Fsp3) is 0.923. The zero-order valence-corrected chi connectivity index (χ0v) is 12.7. The van der Waals surface area contributed by atoms with Crippen LogP contribution < -0.4 is 0 Å². The Hall–Kier alpha value is -0.620. The minimum Gasteiger partial charge on any atom is -0.342 e. The summed E-state index contributed by atoms with van der Waals surface area (Å²) in [6.07, 6.45) is 4.86. The van der Waals surface area contributed by atoms with E-state index >= 15 is 0 Å². The van der Waals surface area contributed by atoms with Crippen molar-refractivity contribution in [2.45, 2.75) is 32.6 Å². The number of hydrogen-bond donors (Lipinski definition) is 0. The Kier molecular flexibility index (Phi) is 4.50. The molecule has 19 heavy (non-hydrogen) atoms. The molecule has 1 unspecified atom stereocenters. The average Bonchev–Trinajstić information content (AvgIpc) is 2.37. The maximum absolute atomic E-state index is 12.4. The molecule has 1 amide bonds. The Balaban J connectivity index is 1.89. The van der Waals surface area contributed by atoms with Crippen LogP contribution >= 0.6 is 0 Å². The Morgan fingerprint density at radius 1 is 1.11 bits per heavy atom. The van der Waals surface area contributed by atoms with Gasteiger partial charge < -0.3 is 4.90 Å². The average molecular weight is 288 g/mol. The number of amides is 1. The number of carbonyl (C=O) groups is 1. The lowest BCUT2D eigenvalue weighted by atomic mass is 9.93. The second-order valence-electron chi connectivity index (χ2n) is 5.97. The van der Waals surface area contributed by atoms with Crippen molar-refractivity contribution in [1.29, 1.82) is 0 Å². The van der Waals surface area contributed by atoms with Gasteiger partial charge in [0.05, 0.1) is 6.26 Å². The first-order valence-corrected chi connectivity index (χ1v) is 8.96. The van der Waals surface area contributed by atoms with Crippen molar-refractivity contribution >= 4 is 15.9 Å². The SMILES string of the molecule is CC1CCCN(C(=O)C2CCN(S(C)(=O)=O)CC2)C1. The molecule has 0 aliphatic carbocycles. The molecule has 2 aliphatic rings. The highest BCUT2D eigenvalue weighted by atomic mass is 32.2. The normalized spacial score (nSPS) is 27.5. The summed E-state index contributed by atoms with van der Waals surface area (Å²) < 4.78 is 24.4. The molecule has 2 aliphatic heterocycles. The topological polar surface area (TPSA) is 57.7 Å². The Morgan fingerprint density at radius 3 is 2.26 bits per heavy atom. The van der Waals surface area contributed by atoms with E-state index in [0.29, 0.717) is 31.8 Å². The first-order chi connectivity index (χ1) is 8.88. The summed E-state index contributed by atoms with van der Waals surface area (Å²) in [5, 5.41) is 0. The van der Waals surface area contributed by atoms with Crippen molar-refractivity contribution < 1.29 is 13.2 Å². The van der Waals surface area contributed by atoms with Crippen LogP contribution in [0.3, 0.4) is 0 Å². The van der Waals surface area contributed by atoms with Gasteiger partial charge in [0, 0.05) is 32.1 Å². The van der Waals surface area contributed by atoms with E-state index in [2.05, 4.69) is 6.92 Å². The van der Waals surface area contributed by atoms with Crippen molar-refractivity contribution in [3.63, 3.8) is 0 Å². The molecule has 0 radical (unpaired) electrons. The van der Waals surface area contributed by atoms with Gasteiger partial charge in [-0.15, -0.1) is 0 Å². The van der Waals surface area contributed by atoms with Gasteiger partial charge in [0.2, 0.25) is 15.9 Å². The van der Waals surface area contributed by atoms with E-state index in [4.69, 9.17) is 0 Å². The molecule has 0 saturated carbocycles. The van der Waals surface area contributed by atoms with Crippen molar-refractivity contribution in [3.05, 3.63) is 0 Å². The number of nitrogens with zero attached hydrogens (tertiary/aromatic N) is 2. The summed E-state index contributed by atoms with van der Waals surface area (Å²) in [5.41, 5.74) is 0. The molecule has 2 saturated heterocycles. The highest BCUT2D eigenvalue weighted by molar-refractivity contribution is 7.88. The van der Waals surface area contributed by atoms with E-state index in [9.17, 15) is 13.2 Å². The van der Waals surface area contributed by atoms with Crippen LogP contribution in [0.5, 0.6) is 0 Å². The third-order valence-corrected chi connectivity index (χ3v) is 5.54. The third-order valence-electron chi connectivity index (χ3n) is 4.24. The predicted molar refractivity (Wildman–Crippen MR) is 74.1 cm³/mol. The minimum absolute atomic E-state index is 0.0169. The Labute approximate surface area is 116 Å². The largest absolute Gasteiger partial charge is 0.342 e. The Morgan fingerprint density at radius 2 is 1.74 bits per heavy atom. The highest BCUT2D eigenvalue weighted by Crippen LogP contribution is 2.24. The molecule has 2 fully saturated rings. The fourth-order valence-corrected chi connectivity index (χ4v) is 3.96. The van der Waals surface area contributed by atoms with Crippen LogP contribution in [0.15, 0.2) is 0 Å². The maximum Gasteiger partial charge on any atom is 0.225 e. The van der Waals surface area contributed by atoms with Crippen LogP contribution in [0.4, 0.5) is 0 Å². The van der Waals surface area contributed by atoms with E-state index in [1.54, 1.807) is 0 Å². The van der Waals surface area contributed by atoms with Crippen LogP contribution in [0.2, 0.25) is 0 Å². The third kappa shape index (κ3) is 3.69. The summed E-state index contributed by atoms with van der Waals surface area (Å²) in [7, 11) is -3.10. The monoisotopic (exact) mass is 288 g/mol. The summed E-state index contributed by atoms with van der Waals surface area (Å²) >= 11 is 0. The van der Waals surface area contributed by atoms with Crippen LogP contribution in [-0.4, -0.2) is 56.0 Å². The number of sulfonamides is 1. The molecule has 0 aromatic carbocycles. The molecule has 0 spiro atoms. The van der Waals surface area contributed by atoms with Gasteiger partial charge >= 0.3 is 0 Å². The Bertz CT molecular complexity index is 427. The smallest absolute Gasteiger partial charge is 0.225 e. The minimum atomic E-state index is -3.10. The first kappa shape index (κ1) is 14.8. The molecule has 0 N–H and O–H groups in total. The van der Waals surface area contributed by atoms with Gasteiger partial charge in [0.15, 0.2) is 0 Å². The lowest BCUT2D eigenvalue weighted by molar-refractivity contribution is -0.138. The van der Waals surface area contributed by atoms with Gasteiger partial charge in [-0.05, 0) is 31.6 Å². The van der Waals surface area contributed by atoms with Gasteiger partial charge in [-0.1, -0.05) is 6.92 Å². The summed E-state index contributed by atoms with van der Waals surface area (Å²) in [4.78, 5) is 14.4. The highest BCUT2D eigenvalue weighted by Gasteiger charge is 2.32. The van der Waals surface area contributed by atoms with E-state index in [-0.39, 0.29) is 11.8 Å². The number of rotatable bonds is 2. The predicted octanol–water partition coefficient (Wildman–Crippen LogP) is 0.917. The van der Waals surface area contributed by atoms with Crippen LogP contribution in [0.25, 0.3) is 0 Å². The van der Waals surface area contributed by atoms with Crippen molar-refractivity contribution in [2.75, 3.05) is 32.4 Å². The van der Waals surface area contributed by atoms with Crippen LogP contribution in [0.1, 0.15) is 32.6 Å². The maximum atomic E-state index is 12.4. The molecule has 0 aromatic rings. The van der Waals surface area contributed by atoms with Crippen molar-refractivity contribution in [1.82, 2.24) is 9.21 Å². The number of hydrogen-bond acceptors (Lipinski definition) is 3. The number of likely N-dealkylation sites (tertiary alicyclic amines) is 1. The molecule has 110 valence electrons. The molecule has 1 atom stereocenters. The van der Waals surface area contributed by atoms with Gasteiger partial charge in [-0.25, -0.2) is 12.7 Å². The quantitative estimate of drug-likeness (QED) is 0.759. The van der Waals surface area contributed by atoms with Crippen LogP contribution in [0, 0.1) is 11.8 Å². The molecule has 0 bridgehead atoms. The lowest BCUT2D eigenvalue weighted by Gasteiger charge is -2.36. The van der Waals surface area contributed by atoms with Crippen molar-refractivity contribution in [2.24, 2.45) is 11.8 Å². The number of carbonyl (C=O) groups excluding carboxylic acids is 1. The zero-order chi connectivity index (χ0) is 14.0. The fourth-order valence-electron chi connectivity index (χ4n) is 3.08. The van der Waals surface area contributed by atoms with E-state index in [0.717, 1.165) is 19.5 Å². The van der Waals surface area contributed by atoms with E-state index in [1.165, 1.54) is 17.0 Å². The molecule has 2 rings (SSSR count). The molecule has 0 aromatic heterocycles. The van der Waals surface area contributed by atoms with Gasteiger partial charge in [0.25, 0.3) is 0 Å². The van der Waals surface area contributed by atoms with Gasteiger partial charge in [-0.3, -0.25) is 4.79 Å². The molecular weight excluding hydrogens is 264 g/mol. The molecule has 5 nitrogen and oxygen atoms in total. The number of piperidine rings is 2. The second kappa shape index (κ2) is 5.79. The summed E-state index contributed by atoms with van der Waals surface area (Å²) in [6, 6.07) is 0. The summed E-state index contributed by atoms with van der Waals surface area (Å²) in [5.74, 6) is 0.844. The lowest BCUT2D eigenvalue weighted by Crippen LogP contribution is -2.46. The van der Waals surface area contributed by atoms with E-state index < -0.39 is 10.0 Å². The molecule has 2 heterocycles. The zero-order valence-electron chi connectivity index (χ0n) is 11.8. The molecule has 6 heteroatoms. The van der Waals surface area contributed by atoms with E-state index in [1.807, 2.05) is 4.90 Å². The van der Waals surface area contributed by atoms with Gasteiger partial charge in [0.1, 0.15) is 0 Å². The van der Waals surface area contributed by atoms with Crippen LogP contribution in [-0.2, 0) is 14.8 Å². The summed E-state index contributed by atoms with van der Waals surface area (Å²) in [6.45, 7) is 4.89. The second-order valence-corrected chi connectivity index (χ2v) is 7.95. The first-order valence-electron chi connectivity index (χ1n) is 7.12. The van der Waals surface area contributed by atoms with Gasteiger partial charge in [-0.2, -0.15) is 0 Å². The molecular formula is C13H24N2O3S. The van der Waals surface area contributed by atoms with Crippen molar-refractivity contribution in [3.8, 4) is 0 Å². The standard InChI is InChI=1S/C13H24N2O3S/c1-11-4-3-7-14(10-11)13(16)12-5-8-15(9-6-12)19(2,17)18/h11-12H,3-10H2,1-2H3.